The highest BCUT2D eigenvalue weighted by molar-refractivity contribution is 7.90. The third-order valence-electron chi connectivity index (χ3n) is 2.74. The van der Waals surface area contributed by atoms with Gasteiger partial charge in [0, 0.05) is 17.6 Å². The lowest BCUT2D eigenvalue weighted by Gasteiger charge is -2.04. The van der Waals surface area contributed by atoms with Crippen LogP contribution in [0.5, 0.6) is 0 Å². The zero-order valence-electron chi connectivity index (χ0n) is 11.3. The molecule has 0 atom stereocenters. The van der Waals surface area contributed by atoms with Gasteiger partial charge in [-0.2, -0.15) is 0 Å². The molecule has 0 saturated heterocycles. The quantitative estimate of drug-likeness (QED) is 0.861. The lowest BCUT2D eigenvalue weighted by atomic mass is 10.3. The number of thiazole rings is 1. The summed E-state index contributed by atoms with van der Waals surface area (Å²) in [6.45, 7) is 4.13. The normalized spacial score (nSPS) is 11.9. The highest BCUT2D eigenvalue weighted by Gasteiger charge is 2.24. The first-order chi connectivity index (χ1) is 9.44. The minimum Gasteiger partial charge on any atom is -0.266 e. The van der Waals surface area contributed by atoms with E-state index >= 15 is 0 Å². The van der Waals surface area contributed by atoms with Crippen LogP contribution in [-0.2, 0) is 22.1 Å². The van der Waals surface area contributed by atoms with Crippen molar-refractivity contribution in [3.8, 4) is 0 Å². The number of hydrogen-bond donors (Lipinski definition) is 1. The molecule has 0 saturated carbocycles. The average Bonchev–Trinajstić information content (AvgIpc) is 2.93. The van der Waals surface area contributed by atoms with E-state index in [2.05, 4.69) is 15.2 Å². The van der Waals surface area contributed by atoms with Crippen molar-refractivity contribution >= 4 is 21.2 Å². The Labute approximate surface area is 120 Å². The fraction of sp³-hybridized carbons (Fsp3) is 0.545. The second kappa shape index (κ2) is 5.88. The monoisotopic (exact) mass is 316 g/mol. The van der Waals surface area contributed by atoms with Gasteiger partial charge in [-0.3, -0.25) is 4.57 Å². The summed E-state index contributed by atoms with van der Waals surface area (Å²) in [5.41, 5.74) is -0.488. The molecule has 2 aromatic heterocycles. The van der Waals surface area contributed by atoms with E-state index in [0.717, 1.165) is 17.8 Å². The summed E-state index contributed by atoms with van der Waals surface area (Å²) in [6.07, 6.45) is 3.13. The summed E-state index contributed by atoms with van der Waals surface area (Å²) in [6, 6.07) is 0. The maximum Gasteiger partial charge on any atom is 0.344 e. The van der Waals surface area contributed by atoms with Crippen LogP contribution in [0.3, 0.4) is 0 Å². The van der Waals surface area contributed by atoms with Gasteiger partial charge in [-0.15, -0.1) is 16.4 Å². The molecule has 1 N–H and O–H groups in total. The summed E-state index contributed by atoms with van der Waals surface area (Å²) >= 11 is 1.32. The molecule has 0 aliphatic rings. The van der Waals surface area contributed by atoms with Crippen LogP contribution in [-0.4, -0.2) is 28.2 Å². The highest BCUT2D eigenvalue weighted by atomic mass is 32.2. The van der Waals surface area contributed by atoms with Crippen molar-refractivity contribution in [2.45, 2.75) is 44.1 Å². The van der Waals surface area contributed by atoms with Gasteiger partial charge in [0.15, 0.2) is 0 Å². The van der Waals surface area contributed by atoms with Gasteiger partial charge in [0.1, 0.15) is 0 Å². The fourth-order valence-corrected chi connectivity index (χ4v) is 4.34. The van der Waals surface area contributed by atoms with Crippen LogP contribution in [0.4, 0.5) is 0 Å². The Hall–Kier alpha value is -1.48. The Kier molecular flexibility index (Phi) is 4.39. The molecular formula is C11H16N4O3S2. The summed E-state index contributed by atoms with van der Waals surface area (Å²) in [5.74, 6) is -0.186. The van der Waals surface area contributed by atoms with E-state index in [1.165, 1.54) is 15.9 Å². The van der Waals surface area contributed by atoms with E-state index in [1.54, 1.807) is 6.20 Å². The van der Waals surface area contributed by atoms with Crippen molar-refractivity contribution < 1.29 is 8.42 Å². The number of nitrogens with zero attached hydrogens (tertiary/aromatic N) is 3. The molecule has 0 aliphatic carbocycles. The number of nitrogens with one attached hydrogen (secondary N) is 1. The molecular weight excluding hydrogens is 300 g/mol. The fourth-order valence-electron chi connectivity index (χ4n) is 1.78. The molecule has 0 aliphatic heterocycles. The largest absolute Gasteiger partial charge is 0.344 e. The predicted octanol–water partition coefficient (Wildman–Crippen LogP) is 1.11. The van der Waals surface area contributed by atoms with Gasteiger partial charge in [-0.05, 0) is 13.3 Å². The maximum atomic E-state index is 12.3. The topological polar surface area (TPSA) is 97.7 Å². The van der Waals surface area contributed by atoms with Crippen molar-refractivity contribution in [3.05, 3.63) is 26.6 Å². The summed E-state index contributed by atoms with van der Waals surface area (Å²) in [7, 11) is -3.65. The van der Waals surface area contributed by atoms with E-state index in [0.29, 0.717) is 11.4 Å². The van der Waals surface area contributed by atoms with Crippen molar-refractivity contribution in [1.29, 1.82) is 0 Å². The van der Waals surface area contributed by atoms with Crippen LogP contribution >= 0.6 is 11.3 Å². The molecule has 7 nitrogen and oxygen atoms in total. The van der Waals surface area contributed by atoms with Crippen molar-refractivity contribution in [2.75, 3.05) is 0 Å². The Morgan fingerprint density at radius 3 is 2.80 bits per heavy atom. The van der Waals surface area contributed by atoms with Gasteiger partial charge in [0.05, 0.1) is 10.8 Å². The molecule has 0 radical (unpaired) electrons. The first-order valence-electron chi connectivity index (χ1n) is 6.23. The Morgan fingerprint density at radius 2 is 2.20 bits per heavy atom. The van der Waals surface area contributed by atoms with Gasteiger partial charge in [0.2, 0.25) is 9.84 Å². The van der Waals surface area contributed by atoms with Gasteiger partial charge in [0.25, 0.3) is 5.16 Å². The van der Waals surface area contributed by atoms with Gasteiger partial charge in [-0.1, -0.05) is 13.3 Å². The molecule has 0 fully saturated rings. The summed E-state index contributed by atoms with van der Waals surface area (Å²) < 4.78 is 25.9. The number of aromatic nitrogens is 4. The third kappa shape index (κ3) is 3.15. The molecule has 2 aromatic rings. The summed E-state index contributed by atoms with van der Waals surface area (Å²) in [5, 5.41) is 6.49. The molecule has 0 amide bonds. The third-order valence-corrected chi connectivity index (χ3v) is 5.39. The molecule has 9 heteroatoms. The van der Waals surface area contributed by atoms with E-state index in [4.69, 9.17) is 0 Å². The molecule has 20 heavy (non-hydrogen) atoms. The highest BCUT2D eigenvalue weighted by Crippen LogP contribution is 2.18. The number of H-pyrrole nitrogens is 1. The zero-order chi connectivity index (χ0) is 14.8. The Balaban J connectivity index is 2.32. The first-order valence-corrected chi connectivity index (χ1v) is 8.70. The molecule has 0 spiro atoms. The first kappa shape index (κ1) is 14.9. The van der Waals surface area contributed by atoms with Crippen LogP contribution in [0.2, 0.25) is 0 Å². The summed E-state index contributed by atoms with van der Waals surface area (Å²) in [4.78, 5) is 16.3. The lowest BCUT2D eigenvalue weighted by molar-refractivity contribution is 0.537. The molecule has 0 bridgehead atoms. The van der Waals surface area contributed by atoms with Crippen LogP contribution in [0.15, 0.2) is 16.1 Å². The number of aromatic amines is 1. The molecule has 2 rings (SSSR count). The van der Waals surface area contributed by atoms with Crippen LogP contribution in [0.25, 0.3) is 0 Å². The molecule has 0 aromatic carbocycles. The van der Waals surface area contributed by atoms with E-state index in [9.17, 15) is 13.2 Å². The number of aryl methyl sites for hydroxylation is 1. The van der Waals surface area contributed by atoms with Crippen molar-refractivity contribution in [2.24, 2.45) is 0 Å². The van der Waals surface area contributed by atoms with Crippen molar-refractivity contribution in [1.82, 2.24) is 19.7 Å². The number of rotatable bonds is 6. The zero-order valence-corrected chi connectivity index (χ0v) is 12.9. The lowest BCUT2D eigenvalue weighted by Crippen LogP contribution is -2.21. The Bertz CT molecular complexity index is 742. The second-order valence-electron chi connectivity index (χ2n) is 4.42. The van der Waals surface area contributed by atoms with Crippen LogP contribution in [0.1, 0.15) is 29.7 Å². The second-order valence-corrected chi connectivity index (χ2v) is 7.62. The number of sulfone groups is 1. The van der Waals surface area contributed by atoms with Gasteiger partial charge >= 0.3 is 5.69 Å². The molecule has 2 heterocycles. The number of unbranched alkanes of at least 4 members (excludes halogenated alkanes) is 1. The van der Waals surface area contributed by atoms with Crippen molar-refractivity contribution in [3.63, 3.8) is 0 Å². The van der Waals surface area contributed by atoms with Crippen LogP contribution in [0, 0.1) is 6.92 Å². The Morgan fingerprint density at radius 1 is 1.45 bits per heavy atom. The minimum absolute atomic E-state index is 0.186. The van der Waals surface area contributed by atoms with Gasteiger partial charge in [-0.25, -0.2) is 23.3 Å². The predicted molar refractivity (Wildman–Crippen MR) is 75.5 cm³/mol. The standard InChI is InChI=1S/C11H16N4O3S2/c1-3-4-5-15-10(16)13-14-11(15)20(17,18)7-9-6-12-8(2)19-9/h6H,3-5,7H2,1-2H3,(H,13,16). The average molecular weight is 316 g/mol. The maximum absolute atomic E-state index is 12.3. The van der Waals surface area contributed by atoms with Crippen LogP contribution < -0.4 is 5.69 Å². The SMILES string of the molecule is CCCCn1c(S(=O)(=O)Cc2cnc(C)s2)n[nH]c1=O. The molecule has 110 valence electrons. The molecule has 0 unspecified atom stereocenters. The van der Waals surface area contributed by atoms with E-state index in [1.807, 2.05) is 13.8 Å². The number of hydrogen-bond acceptors (Lipinski definition) is 6. The van der Waals surface area contributed by atoms with E-state index in [-0.39, 0.29) is 10.9 Å². The van der Waals surface area contributed by atoms with Gasteiger partial charge < -0.3 is 0 Å². The van der Waals surface area contributed by atoms with E-state index < -0.39 is 15.5 Å². The smallest absolute Gasteiger partial charge is 0.266 e. The minimum atomic E-state index is -3.65.